The van der Waals surface area contributed by atoms with Crippen molar-refractivity contribution in [2.45, 2.75) is 53.4 Å². The lowest BCUT2D eigenvalue weighted by atomic mass is 9.96. The number of esters is 1. The molecule has 0 saturated heterocycles. The monoisotopic (exact) mass is 393 g/mol. The normalized spacial score (nSPS) is 10.4. The first-order valence-corrected chi connectivity index (χ1v) is 10.3. The maximum Gasteiger partial charge on any atom is 0.337 e. The number of rotatable bonds is 6. The Morgan fingerprint density at radius 1 is 0.966 bits per heavy atom. The lowest BCUT2D eigenvalue weighted by Gasteiger charge is -2.08. The van der Waals surface area contributed by atoms with Crippen LogP contribution in [-0.2, 0) is 11.2 Å². The number of methoxy groups -OCH3 is 1. The first-order chi connectivity index (χ1) is 14.0. The SMILES string of the molecule is CCCC.CCCc1c(-c2ccccc2C(C)=O)[nH]c2cc(C(=O)OC)ccc12. The van der Waals surface area contributed by atoms with Crippen molar-refractivity contribution in [2.75, 3.05) is 7.11 Å². The van der Waals surface area contributed by atoms with Gasteiger partial charge in [0.15, 0.2) is 5.78 Å². The van der Waals surface area contributed by atoms with Crippen molar-refractivity contribution in [3.63, 3.8) is 0 Å². The van der Waals surface area contributed by atoms with Gasteiger partial charge in [0, 0.05) is 22.0 Å². The van der Waals surface area contributed by atoms with Crippen LogP contribution < -0.4 is 0 Å². The molecule has 1 heterocycles. The molecule has 0 spiro atoms. The van der Waals surface area contributed by atoms with Gasteiger partial charge in [-0.2, -0.15) is 0 Å². The van der Waals surface area contributed by atoms with Crippen molar-refractivity contribution in [1.82, 2.24) is 4.98 Å². The Morgan fingerprint density at radius 3 is 2.24 bits per heavy atom. The Labute approximate surface area is 173 Å². The van der Waals surface area contributed by atoms with Crippen LogP contribution in [0.1, 0.15) is 73.2 Å². The van der Waals surface area contributed by atoms with Crippen LogP contribution in [0.4, 0.5) is 0 Å². The zero-order chi connectivity index (χ0) is 21.4. The van der Waals surface area contributed by atoms with E-state index in [9.17, 15) is 9.59 Å². The molecular weight excluding hydrogens is 362 g/mol. The summed E-state index contributed by atoms with van der Waals surface area (Å²) >= 11 is 0. The molecule has 0 radical (unpaired) electrons. The summed E-state index contributed by atoms with van der Waals surface area (Å²) in [6.45, 7) is 8.07. The van der Waals surface area contributed by atoms with Gasteiger partial charge in [0.25, 0.3) is 0 Å². The fourth-order valence-electron chi connectivity index (χ4n) is 3.25. The van der Waals surface area contributed by atoms with Crippen LogP contribution in [0.2, 0.25) is 0 Å². The highest BCUT2D eigenvalue weighted by molar-refractivity contribution is 6.03. The van der Waals surface area contributed by atoms with Crippen LogP contribution in [0.15, 0.2) is 42.5 Å². The maximum atomic E-state index is 12.0. The van der Waals surface area contributed by atoms with Crippen LogP contribution in [0.5, 0.6) is 0 Å². The van der Waals surface area contributed by atoms with Crippen LogP contribution in [-0.4, -0.2) is 23.8 Å². The number of H-pyrrole nitrogens is 1. The third kappa shape index (κ3) is 5.14. The Morgan fingerprint density at radius 2 is 1.66 bits per heavy atom. The summed E-state index contributed by atoms with van der Waals surface area (Å²) in [5.74, 6) is -0.328. The van der Waals surface area contributed by atoms with E-state index in [1.165, 1.54) is 25.5 Å². The highest BCUT2D eigenvalue weighted by atomic mass is 16.5. The van der Waals surface area contributed by atoms with Crippen molar-refractivity contribution >= 4 is 22.7 Å². The minimum atomic E-state index is -0.362. The van der Waals surface area contributed by atoms with Crippen LogP contribution in [0.3, 0.4) is 0 Å². The molecule has 0 amide bonds. The van der Waals surface area contributed by atoms with E-state index in [4.69, 9.17) is 4.74 Å². The highest BCUT2D eigenvalue weighted by Crippen LogP contribution is 2.34. The molecule has 0 aliphatic carbocycles. The minimum Gasteiger partial charge on any atom is -0.465 e. The number of hydrogen-bond acceptors (Lipinski definition) is 3. The average Bonchev–Trinajstić information content (AvgIpc) is 3.11. The van der Waals surface area contributed by atoms with Gasteiger partial charge in [0.1, 0.15) is 0 Å². The van der Waals surface area contributed by atoms with E-state index < -0.39 is 0 Å². The molecule has 154 valence electrons. The molecule has 0 fully saturated rings. The second-order valence-electron chi connectivity index (χ2n) is 7.08. The predicted octanol–water partition coefficient (Wildman–Crippen LogP) is 6.58. The molecule has 4 heteroatoms. The summed E-state index contributed by atoms with van der Waals surface area (Å²) in [6.07, 6.45) is 4.51. The molecular formula is C25H31NO3. The molecule has 3 aromatic rings. The number of benzene rings is 2. The lowest BCUT2D eigenvalue weighted by Crippen LogP contribution is -2.00. The number of ketones is 1. The fourth-order valence-corrected chi connectivity index (χ4v) is 3.25. The maximum absolute atomic E-state index is 12.0. The first-order valence-electron chi connectivity index (χ1n) is 10.3. The molecule has 4 nitrogen and oxygen atoms in total. The Hall–Kier alpha value is -2.88. The number of carbonyl (C=O) groups excluding carboxylic acids is 2. The number of fused-ring (bicyclic) bond motifs is 1. The van der Waals surface area contributed by atoms with Crippen molar-refractivity contribution in [2.24, 2.45) is 0 Å². The smallest absolute Gasteiger partial charge is 0.337 e. The third-order valence-electron chi connectivity index (χ3n) is 4.90. The van der Waals surface area contributed by atoms with Crippen molar-refractivity contribution < 1.29 is 14.3 Å². The Balaban J connectivity index is 0.000000687. The number of aromatic nitrogens is 1. The highest BCUT2D eigenvalue weighted by Gasteiger charge is 2.18. The number of aryl methyl sites for hydroxylation is 1. The number of carbonyl (C=O) groups is 2. The van der Waals surface area contributed by atoms with Gasteiger partial charge in [-0.15, -0.1) is 0 Å². The van der Waals surface area contributed by atoms with Crippen LogP contribution in [0.25, 0.3) is 22.2 Å². The zero-order valence-corrected chi connectivity index (χ0v) is 18.1. The van der Waals surface area contributed by atoms with Gasteiger partial charge in [-0.25, -0.2) is 4.79 Å². The molecule has 0 bridgehead atoms. The van der Waals surface area contributed by atoms with Gasteiger partial charge in [-0.3, -0.25) is 4.79 Å². The summed E-state index contributed by atoms with van der Waals surface area (Å²) in [4.78, 5) is 27.3. The molecule has 3 rings (SSSR count). The standard InChI is InChI=1S/C21H21NO3.C4H10/c1-4-7-17-16-11-10-14(21(24)25-3)12-19(16)22-20(17)18-9-6-5-8-15(18)13(2)23;1-3-4-2/h5-6,8-12,22H,4,7H2,1-3H3;3-4H2,1-2H3. The van der Waals surface area contributed by atoms with E-state index in [1.807, 2.05) is 30.3 Å². The van der Waals surface area contributed by atoms with Gasteiger partial charge >= 0.3 is 5.97 Å². The molecule has 1 N–H and O–H groups in total. The lowest BCUT2D eigenvalue weighted by molar-refractivity contribution is 0.0600. The quantitative estimate of drug-likeness (QED) is 0.380. The summed E-state index contributed by atoms with van der Waals surface area (Å²) in [6, 6.07) is 13.1. The largest absolute Gasteiger partial charge is 0.465 e. The Bertz CT molecular complexity index is 983. The van der Waals surface area contributed by atoms with E-state index in [1.54, 1.807) is 19.1 Å². The molecule has 0 unspecified atom stereocenters. The second-order valence-corrected chi connectivity index (χ2v) is 7.08. The number of aromatic amines is 1. The van der Waals surface area contributed by atoms with Gasteiger partial charge in [0.05, 0.1) is 18.4 Å². The van der Waals surface area contributed by atoms with E-state index in [0.29, 0.717) is 11.1 Å². The fraction of sp³-hybridized carbons (Fsp3) is 0.360. The molecule has 0 atom stereocenters. The summed E-state index contributed by atoms with van der Waals surface area (Å²) < 4.78 is 4.81. The number of ether oxygens (including phenoxy) is 1. The molecule has 0 aliphatic rings. The molecule has 1 aromatic heterocycles. The molecule has 0 saturated carbocycles. The molecule has 29 heavy (non-hydrogen) atoms. The topological polar surface area (TPSA) is 59.2 Å². The van der Waals surface area contributed by atoms with Crippen molar-refractivity contribution in [1.29, 1.82) is 0 Å². The van der Waals surface area contributed by atoms with Crippen LogP contribution in [0, 0.1) is 0 Å². The first kappa shape index (κ1) is 22.4. The number of hydrogen-bond donors (Lipinski definition) is 1. The van der Waals surface area contributed by atoms with E-state index in [2.05, 4.69) is 25.8 Å². The van der Waals surface area contributed by atoms with E-state index in [-0.39, 0.29) is 11.8 Å². The summed E-state index contributed by atoms with van der Waals surface area (Å²) in [5, 5.41) is 1.07. The number of nitrogens with one attached hydrogen (secondary N) is 1. The van der Waals surface area contributed by atoms with Gasteiger partial charge in [-0.05, 0) is 31.0 Å². The Kier molecular flexibility index (Phi) is 8.20. The van der Waals surface area contributed by atoms with Crippen molar-refractivity contribution in [3.05, 3.63) is 59.2 Å². The zero-order valence-electron chi connectivity index (χ0n) is 18.1. The van der Waals surface area contributed by atoms with Gasteiger partial charge in [-0.1, -0.05) is 70.4 Å². The van der Waals surface area contributed by atoms with Gasteiger partial charge in [0.2, 0.25) is 0 Å². The number of unbranched alkanes of at least 4 members (excludes halogenated alkanes) is 1. The predicted molar refractivity (Wildman–Crippen MR) is 120 cm³/mol. The van der Waals surface area contributed by atoms with Gasteiger partial charge < -0.3 is 9.72 Å². The molecule has 0 aliphatic heterocycles. The number of Topliss-reactive ketones (excluding diaryl/α,β-unsaturated/α-hetero) is 1. The summed E-state index contributed by atoms with van der Waals surface area (Å²) in [5.41, 5.74) is 5.09. The third-order valence-corrected chi connectivity index (χ3v) is 4.90. The minimum absolute atomic E-state index is 0.0342. The van der Waals surface area contributed by atoms with E-state index >= 15 is 0 Å². The summed E-state index contributed by atoms with van der Waals surface area (Å²) in [7, 11) is 1.37. The van der Waals surface area contributed by atoms with E-state index in [0.717, 1.165) is 35.0 Å². The second kappa shape index (κ2) is 10.6. The molecule has 2 aromatic carbocycles. The van der Waals surface area contributed by atoms with Crippen LogP contribution >= 0.6 is 0 Å². The van der Waals surface area contributed by atoms with Crippen molar-refractivity contribution in [3.8, 4) is 11.3 Å². The average molecular weight is 394 g/mol.